The summed E-state index contributed by atoms with van der Waals surface area (Å²) in [5.74, 6) is -0.327. The Labute approximate surface area is 220 Å². The van der Waals surface area contributed by atoms with Crippen molar-refractivity contribution in [3.05, 3.63) is 53.1 Å². The molecule has 0 spiro atoms. The van der Waals surface area contributed by atoms with Gasteiger partial charge in [0, 0.05) is 12.4 Å². The number of carbonyl (C=O) groups excluding carboxylic acids is 1. The van der Waals surface area contributed by atoms with E-state index >= 15 is 0 Å². The van der Waals surface area contributed by atoms with Crippen LogP contribution in [0, 0.1) is 16.7 Å². The second kappa shape index (κ2) is 12.2. The summed E-state index contributed by atoms with van der Waals surface area (Å²) < 4.78 is 37.2. The molecule has 1 saturated heterocycles. The molecule has 38 heavy (non-hydrogen) atoms. The zero-order valence-corrected chi connectivity index (χ0v) is 22.5. The third-order valence-electron chi connectivity index (χ3n) is 5.88. The van der Waals surface area contributed by atoms with Gasteiger partial charge in [-0.05, 0) is 38.0 Å². The number of nitrogen functional groups attached to an aromatic ring is 1. The average molecular weight is 552 g/mol. The minimum absolute atomic E-state index is 0.00680. The largest absolute Gasteiger partial charge is 0.464 e. The van der Waals surface area contributed by atoms with Crippen LogP contribution in [0.4, 0.5) is 5.82 Å². The van der Waals surface area contributed by atoms with Gasteiger partial charge in [-0.15, -0.1) is 0 Å². The Morgan fingerprint density at radius 3 is 2.63 bits per heavy atom. The Balaban J connectivity index is 1.81. The van der Waals surface area contributed by atoms with Crippen molar-refractivity contribution >= 4 is 25.7 Å². The molecule has 1 unspecified atom stereocenters. The minimum atomic E-state index is -4.23. The van der Waals surface area contributed by atoms with Crippen LogP contribution in [0.25, 0.3) is 0 Å². The Bertz CT molecular complexity index is 1230. The normalized spacial score (nSPS) is 25.5. The van der Waals surface area contributed by atoms with Crippen LogP contribution in [-0.2, 0) is 23.4 Å². The van der Waals surface area contributed by atoms with Crippen LogP contribution in [0.2, 0.25) is 0 Å². The van der Waals surface area contributed by atoms with Gasteiger partial charge >= 0.3 is 19.4 Å². The minimum Gasteiger partial charge on any atom is -0.464 e. The second-order valence-corrected chi connectivity index (χ2v) is 11.3. The first-order chi connectivity index (χ1) is 17.9. The van der Waals surface area contributed by atoms with Crippen molar-refractivity contribution in [1.82, 2.24) is 14.6 Å². The summed E-state index contributed by atoms with van der Waals surface area (Å²) >= 11 is 0. The van der Waals surface area contributed by atoms with Gasteiger partial charge in [0.1, 0.15) is 23.7 Å². The third-order valence-corrected chi connectivity index (χ3v) is 7.53. The molecule has 0 bridgehead atoms. The number of nitrogens with two attached hydrogens (primary N) is 1. The summed E-state index contributed by atoms with van der Waals surface area (Å²) in [5.41, 5.74) is 3.48. The van der Waals surface area contributed by atoms with E-state index in [0.29, 0.717) is 0 Å². The SMILES string of the molecule is CC(C)COC(=O)[C@H](C)NP(=O)(OC[C@H]1O[C@@H](n2ccc(N)nc2=O)[C@](C)(C=N)[C@@H]1O)Oc1ccccc1. The molecule has 1 fully saturated rings. The number of para-hydroxylation sites is 1. The summed E-state index contributed by atoms with van der Waals surface area (Å²) in [7, 11) is -4.23. The van der Waals surface area contributed by atoms with Gasteiger partial charge in [0.25, 0.3) is 0 Å². The molecule has 1 aliphatic heterocycles. The molecular weight excluding hydrogens is 517 g/mol. The number of nitrogens with zero attached hydrogens (tertiary/aromatic N) is 2. The molecule has 1 aromatic carbocycles. The number of rotatable bonds is 12. The summed E-state index contributed by atoms with van der Waals surface area (Å²) in [5, 5.41) is 21.5. The number of ether oxygens (including phenoxy) is 2. The standard InChI is InChI=1S/C24H34N5O8P/c1-15(2)12-34-21(31)16(3)28-38(33,37-17-8-6-5-7-9-17)35-13-18-20(30)24(4,14-25)22(36-18)29-11-10-19(26)27-23(29)32/h5-11,14-16,18,20,22,25,30H,12-13H2,1-4H3,(H,28,33)(H2,26,27,32)/t16-,18+,20+,22+,24+,38?/m0/s1. The first-order valence-corrected chi connectivity index (χ1v) is 13.6. The van der Waals surface area contributed by atoms with E-state index in [1.807, 2.05) is 13.8 Å². The van der Waals surface area contributed by atoms with Crippen LogP contribution in [0.1, 0.15) is 33.9 Å². The predicted octanol–water partition coefficient (Wildman–Crippen LogP) is 2.12. The Kier molecular flexibility index (Phi) is 9.45. The number of esters is 1. The molecule has 2 heterocycles. The zero-order valence-electron chi connectivity index (χ0n) is 21.6. The molecule has 6 atom stereocenters. The number of aliphatic hydroxyl groups is 1. The van der Waals surface area contributed by atoms with Crippen molar-refractivity contribution in [3.8, 4) is 5.75 Å². The lowest BCUT2D eigenvalue weighted by Crippen LogP contribution is -2.42. The van der Waals surface area contributed by atoms with E-state index in [2.05, 4.69) is 10.1 Å². The molecule has 0 amide bonds. The van der Waals surface area contributed by atoms with Crippen molar-refractivity contribution in [2.45, 2.75) is 52.2 Å². The second-order valence-electron chi connectivity index (χ2n) is 9.60. The van der Waals surface area contributed by atoms with E-state index in [1.54, 1.807) is 30.3 Å². The number of nitrogens with one attached hydrogen (secondary N) is 2. The molecule has 208 valence electrons. The van der Waals surface area contributed by atoms with Gasteiger partial charge in [-0.2, -0.15) is 10.1 Å². The van der Waals surface area contributed by atoms with Crippen molar-refractivity contribution in [3.63, 3.8) is 0 Å². The molecule has 1 aliphatic rings. The van der Waals surface area contributed by atoms with Gasteiger partial charge in [-0.25, -0.2) is 9.36 Å². The summed E-state index contributed by atoms with van der Waals surface area (Å²) in [6, 6.07) is 8.53. The number of hydrogen-bond donors (Lipinski definition) is 4. The van der Waals surface area contributed by atoms with Gasteiger partial charge in [-0.1, -0.05) is 32.0 Å². The molecule has 14 heteroatoms. The molecule has 0 saturated carbocycles. The quantitative estimate of drug-likeness (QED) is 0.172. The first kappa shape index (κ1) is 29.5. The highest BCUT2D eigenvalue weighted by atomic mass is 31.2. The fourth-order valence-electron chi connectivity index (χ4n) is 3.74. The van der Waals surface area contributed by atoms with Gasteiger partial charge in [0.2, 0.25) is 0 Å². The number of anilines is 1. The van der Waals surface area contributed by atoms with E-state index in [4.69, 9.17) is 29.7 Å². The Morgan fingerprint density at radius 1 is 1.34 bits per heavy atom. The Hall–Kier alpha value is -3.09. The number of hydrogen-bond acceptors (Lipinski definition) is 11. The van der Waals surface area contributed by atoms with E-state index in [9.17, 15) is 19.3 Å². The third kappa shape index (κ3) is 6.86. The molecule has 13 nitrogen and oxygen atoms in total. The summed E-state index contributed by atoms with van der Waals surface area (Å²) in [6.07, 6.45) is -1.28. The molecule has 3 rings (SSSR count). The predicted molar refractivity (Wildman–Crippen MR) is 139 cm³/mol. The highest BCUT2D eigenvalue weighted by Gasteiger charge is 2.54. The maximum atomic E-state index is 13.7. The van der Waals surface area contributed by atoms with Crippen LogP contribution in [-0.4, -0.2) is 58.3 Å². The summed E-state index contributed by atoms with van der Waals surface area (Å²) in [6.45, 7) is 6.47. The average Bonchev–Trinajstić information content (AvgIpc) is 3.12. The first-order valence-electron chi connectivity index (χ1n) is 12.0. The van der Waals surface area contributed by atoms with Crippen LogP contribution < -0.4 is 21.0 Å². The van der Waals surface area contributed by atoms with E-state index in [1.165, 1.54) is 26.1 Å². The number of aromatic nitrogens is 2. The lowest BCUT2D eigenvalue weighted by atomic mass is 9.83. The Morgan fingerprint density at radius 2 is 2.03 bits per heavy atom. The van der Waals surface area contributed by atoms with Crippen molar-refractivity contribution in [2.24, 2.45) is 11.3 Å². The van der Waals surface area contributed by atoms with Gasteiger partial charge in [0.05, 0.1) is 24.7 Å². The monoisotopic (exact) mass is 551 g/mol. The number of carbonyl (C=O) groups is 1. The molecule has 2 aromatic rings. The van der Waals surface area contributed by atoms with Crippen molar-refractivity contribution in [2.75, 3.05) is 18.9 Å². The highest BCUT2D eigenvalue weighted by Crippen LogP contribution is 2.48. The molecule has 1 aromatic heterocycles. The molecular formula is C24H34N5O8P. The highest BCUT2D eigenvalue weighted by molar-refractivity contribution is 7.52. The van der Waals surface area contributed by atoms with E-state index in [-0.39, 0.29) is 24.1 Å². The van der Waals surface area contributed by atoms with Crippen LogP contribution in [0.5, 0.6) is 5.75 Å². The fraction of sp³-hybridized carbons (Fsp3) is 0.500. The molecule has 0 radical (unpaired) electrons. The lowest BCUT2D eigenvalue weighted by Gasteiger charge is -2.28. The lowest BCUT2D eigenvalue weighted by molar-refractivity contribution is -0.146. The molecule has 0 aliphatic carbocycles. The topological polar surface area (TPSA) is 188 Å². The van der Waals surface area contributed by atoms with Crippen LogP contribution in [0.3, 0.4) is 0 Å². The molecule has 5 N–H and O–H groups in total. The van der Waals surface area contributed by atoms with E-state index < -0.39 is 55.9 Å². The van der Waals surface area contributed by atoms with Gasteiger partial charge in [0.15, 0.2) is 6.23 Å². The van der Waals surface area contributed by atoms with Crippen LogP contribution in [0.15, 0.2) is 47.4 Å². The van der Waals surface area contributed by atoms with Gasteiger partial charge < -0.3 is 30.2 Å². The van der Waals surface area contributed by atoms with Crippen molar-refractivity contribution < 1.29 is 33.0 Å². The van der Waals surface area contributed by atoms with E-state index in [0.717, 1.165) is 10.8 Å². The summed E-state index contributed by atoms with van der Waals surface area (Å²) in [4.78, 5) is 28.5. The van der Waals surface area contributed by atoms with Gasteiger partial charge in [-0.3, -0.25) is 13.9 Å². The zero-order chi connectivity index (χ0) is 28.1. The maximum Gasteiger partial charge on any atom is 0.459 e. The number of aliphatic hydroxyl groups excluding tert-OH is 1. The number of benzene rings is 1. The fourth-order valence-corrected chi connectivity index (χ4v) is 5.24. The van der Waals surface area contributed by atoms with Crippen molar-refractivity contribution in [1.29, 1.82) is 5.41 Å². The smallest absolute Gasteiger partial charge is 0.459 e. The maximum absolute atomic E-state index is 13.7. The van der Waals surface area contributed by atoms with Crippen LogP contribution >= 0.6 is 7.75 Å².